The molecule has 0 N–H and O–H groups in total. The Hall–Kier alpha value is -4.99. The number of fused-ring (bicyclic) bond motifs is 8. The van der Waals surface area contributed by atoms with Crippen molar-refractivity contribution in [3.63, 3.8) is 0 Å². The van der Waals surface area contributed by atoms with Crippen molar-refractivity contribution in [2.24, 2.45) is 0 Å². The van der Waals surface area contributed by atoms with Crippen LogP contribution in [0.4, 0.5) is 0 Å². The third-order valence-electron chi connectivity index (χ3n) is 7.69. The van der Waals surface area contributed by atoms with Crippen molar-refractivity contribution in [2.75, 3.05) is 0 Å². The average Bonchev–Trinajstić information content (AvgIpc) is 3.68. The first kappa shape index (κ1) is 24.8. The molecule has 0 saturated carbocycles. The van der Waals surface area contributed by atoms with E-state index in [1.165, 1.54) is 10.8 Å². The van der Waals surface area contributed by atoms with Gasteiger partial charge in [-0.25, -0.2) is 0 Å². The van der Waals surface area contributed by atoms with Crippen LogP contribution in [0.2, 0.25) is 0 Å². The van der Waals surface area contributed by atoms with Crippen molar-refractivity contribution in [3.05, 3.63) is 128 Å². The van der Waals surface area contributed by atoms with Crippen LogP contribution in [0.25, 0.3) is 71.8 Å². The topological polar surface area (TPSA) is 52.6 Å². The Morgan fingerprint density at radius 2 is 1.38 bits per heavy atom. The van der Waals surface area contributed by atoms with Gasteiger partial charge >= 0.3 is 21.1 Å². The van der Waals surface area contributed by atoms with Gasteiger partial charge in [-0.2, -0.15) is 0 Å². The number of furan rings is 1. The summed E-state index contributed by atoms with van der Waals surface area (Å²) in [4.78, 5) is 9.10. The Morgan fingerprint density at radius 1 is 0.643 bits per heavy atom. The molecule has 0 aliphatic rings. The molecule has 0 unspecified atom stereocenters. The van der Waals surface area contributed by atoms with Gasteiger partial charge in [0.15, 0.2) is 0 Å². The summed E-state index contributed by atoms with van der Waals surface area (Å²) in [6, 6.07) is 41.2. The average molecular weight is 721 g/mol. The van der Waals surface area contributed by atoms with Crippen molar-refractivity contribution >= 4 is 49.3 Å². The fourth-order valence-electron chi connectivity index (χ4n) is 5.99. The minimum Gasteiger partial charge on any atom is -0.497 e. The number of benzene rings is 4. The maximum Gasteiger partial charge on any atom is 2.00 e. The van der Waals surface area contributed by atoms with E-state index in [4.69, 9.17) is 9.15 Å². The van der Waals surface area contributed by atoms with Gasteiger partial charge in [-0.3, -0.25) is 4.40 Å². The second kappa shape index (κ2) is 9.54. The molecule has 4 aromatic carbocycles. The largest absolute Gasteiger partial charge is 2.00 e. The summed E-state index contributed by atoms with van der Waals surface area (Å²) in [5.41, 5.74) is 7.02. The van der Waals surface area contributed by atoms with Crippen LogP contribution in [-0.2, 0) is 21.1 Å². The van der Waals surface area contributed by atoms with Crippen LogP contribution in [0.5, 0.6) is 11.5 Å². The first-order valence-electron chi connectivity index (χ1n) is 13.4. The zero-order valence-corrected chi connectivity index (χ0v) is 24.2. The molecule has 0 amide bonds. The van der Waals surface area contributed by atoms with E-state index in [-0.39, 0.29) is 21.1 Å². The van der Waals surface area contributed by atoms with Gasteiger partial charge in [0.1, 0.15) is 0 Å². The molecular formula is C36H19N3O2Pt. The molecule has 0 atom stereocenters. The summed E-state index contributed by atoms with van der Waals surface area (Å²) in [7, 11) is 0. The number of pyridine rings is 2. The third kappa shape index (κ3) is 3.60. The predicted octanol–water partition coefficient (Wildman–Crippen LogP) is 9.10. The molecule has 0 fully saturated rings. The molecule has 5 aromatic heterocycles. The first-order chi connectivity index (χ1) is 20.3. The van der Waals surface area contributed by atoms with E-state index in [9.17, 15) is 0 Å². The Bertz CT molecular complexity index is 2400. The van der Waals surface area contributed by atoms with Crippen LogP contribution in [0, 0.1) is 12.1 Å². The van der Waals surface area contributed by atoms with E-state index in [1.807, 2.05) is 60.7 Å². The van der Waals surface area contributed by atoms with E-state index < -0.39 is 0 Å². The van der Waals surface area contributed by atoms with Gasteiger partial charge in [0.05, 0.1) is 16.6 Å². The zero-order valence-electron chi connectivity index (χ0n) is 21.9. The maximum atomic E-state index is 6.74. The van der Waals surface area contributed by atoms with Gasteiger partial charge in [0, 0.05) is 45.4 Å². The molecule has 0 aliphatic heterocycles. The van der Waals surface area contributed by atoms with Crippen LogP contribution in [0.3, 0.4) is 0 Å². The van der Waals surface area contributed by atoms with E-state index in [0.717, 1.165) is 61.0 Å². The summed E-state index contributed by atoms with van der Waals surface area (Å²) >= 11 is 0. The number of nitrogens with zero attached hydrogens (tertiary/aromatic N) is 3. The van der Waals surface area contributed by atoms with Crippen molar-refractivity contribution < 1.29 is 30.2 Å². The number of rotatable bonds is 4. The monoisotopic (exact) mass is 720 g/mol. The third-order valence-corrected chi connectivity index (χ3v) is 7.69. The second-order valence-corrected chi connectivity index (χ2v) is 10.0. The van der Waals surface area contributed by atoms with Gasteiger partial charge in [0.2, 0.25) is 5.71 Å². The molecule has 5 heterocycles. The Labute approximate surface area is 254 Å². The molecule has 0 spiro atoms. The summed E-state index contributed by atoms with van der Waals surface area (Å²) in [5, 5.41) is 5.56. The van der Waals surface area contributed by atoms with Gasteiger partial charge in [0.25, 0.3) is 0 Å². The quantitative estimate of drug-likeness (QED) is 0.170. The number of hydrogen-bond acceptors (Lipinski definition) is 4. The number of hydrogen-bond donors (Lipinski definition) is 0. The molecule has 0 bridgehead atoms. The summed E-state index contributed by atoms with van der Waals surface area (Å²) in [6.07, 6.45) is 3.55. The van der Waals surface area contributed by atoms with E-state index in [2.05, 4.69) is 69.0 Å². The van der Waals surface area contributed by atoms with Gasteiger partial charge in [-0.1, -0.05) is 84.4 Å². The minimum atomic E-state index is 0. The summed E-state index contributed by atoms with van der Waals surface area (Å²) in [5.74, 6) is 1.14. The first-order valence-corrected chi connectivity index (χ1v) is 13.4. The second-order valence-electron chi connectivity index (χ2n) is 10.0. The number of ether oxygens (including phenoxy) is 1. The van der Waals surface area contributed by atoms with Crippen molar-refractivity contribution in [2.45, 2.75) is 0 Å². The standard InChI is InChI=1S/C36H19N3O2.Pt/c1-2-16-32-25(11-1)26-12-8-13-27-33-29-21-24(40-23-10-7-9-22(19-23)30-14-3-5-17-37-30)20-28(31-15-4-6-18-38-31)35(29)41-36(33)39(32)34(26)27;/h1-18,21H;/q-2;+2. The van der Waals surface area contributed by atoms with E-state index >= 15 is 0 Å². The van der Waals surface area contributed by atoms with E-state index in [0.29, 0.717) is 11.5 Å². The summed E-state index contributed by atoms with van der Waals surface area (Å²) in [6.45, 7) is 0. The molecule has 9 aromatic rings. The number of aromatic nitrogens is 3. The molecule has 6 heteroatoms. The fraction of sp³-hybridized carbons (Fsp3) is 0. The van der Waals surface area contributed by atoms with Crippen LogP contribution >= 0.6 is 0 Å². The SMILES string of the molecule is [Pt+2].[c-]1c(Oc2[c-]c(-c3ccccn3)c3oc4c(c3c2)c2cccc3c5ccccc5n4c32)cccc1-c1ccccn1. The predicted molar refractivity (Wildman–Crippen MR) is 162 cm³/mol. The molecule has 0 aliphatic carbocycles. The van der Waals surface area contributed by atoms with Crippen molar-refractivity contribution in [1.82, 2.24) is 14.4 Å². The summed E-state index contributed by atoms with van der Waals surface area (Å²) < 4.78 is 15.4. The van der Waals surface area contributed by atoms with Crippen LogP contribution < -0.4 is 4.74 Å². The Balaban J connectivity index is 0.00000267. The minimum absolute atomic E-state index is 0. The molecule has 42 heavy (non-hydrogen) atoms. The molecule has 0 saturated heterocycles. The van der Waals surface area contributed by atoms with Crippen LogP contribution in [0.15, 0.2) is 120 Å². The normalized spacial score (nSPS) is 11.6. The maximum absolute atomic E-state index is 6.74. The molecule has 200 valence electrons. The van der Waals surface area contributed by atoms with Crippen LogP contribution in [-0.4, -0.2) is 14.4 Å². The van der Waals surface area contributed by atoms with E-state index in [1.54, 1.807) is 12.4 Å². The van der Waals surface area contributed by atoms with Gasteiger partial charge < -0.3 is 19.1 Å². The van der Waals surface area contributed by atoms with Crippen molar-refractivity contribution in [3.8, 4) is 34.0 Å². The fourth-order valence-corrected chi connectivity index (χ4v) is 5.99. The van der Waals surface area contributed by atoms with Gasteiger partial charge in [-0.05, 0) is 35.0 Å². The molecule has 9 rings (SSSR count). The molecule has 5 nitrogen and oxygen atoms in total. The Morgan fingerprint density at radius 3 is 2.21 bits per heavy atom. The van der Waals surface area contributed by atoms with Crippen molar-refractivity contribution in [1.29, 1.82) is 0 Å². The zero-order chi connectivity index (χ0) is 26.9. The molecule has 0 radical (unpaired) electrons. The number of para-hydroxylation sites is 2. The van der Waals surface area contributed by atoms with Gasteiger partial charge in [-0.15, -0.1) is 23.8 Å². The van der Waals surface area contributed by atoms with Crippen LogP contribution in [0.1, 0.15) is 0 Å². The smallest absolute Gasteiger partial charge is 0.497 e. The Kier molecular flexibility index (Phi) is 5.63. The molecular weight excluding hydrogens is 701 g/mol.